The molecule has 0 aliphatic heterocycles. The maximum Gasteiger partial charge on any atom is 0.270 e. The predicted octanol–water partition coefficient (Wildman–Crippen LogP) is 2.56. The molecule has 0 bridgehead atoms. The standard InChI is InChI=1S/C14H13Cl2N3O2/c1-8(7-20)17-13(21)12-6-11(18-14(16)19-12)9-2-4-10(15)5-3-9/h2-6,8,20H,7H2,1H3,(H,17,21). The lowest BCUT2D eigenvalue weighted by atomic mass is 10.1. The van der Waals surface area contributed by atoms with Crippen LogP contribution in [0.3, 0.4) is 0 Å². The van der Waals surface area contributed by atoms with Gasteiger partial charge in [0.2, 0.25) is 5.28 Å². The number of rotatable bonds is 4. The molecule has 5 nitrogen and oxygen atoms in total. The van der Waals surface area contributed by atoms with E-state index in [4.69, 9.17) is 28.3 Å². The van der Waals surface area contributed by atoms with Crippen LogP contribution in [0.5, 0.6) is 0 Å². The molecular formula is C14H13Cl2N3O2. The van der Waals surface area contributed by atoms with E-state index in [-0.39, 0.29) is 23.6 Å². The van der Waals surface area contributed by atoms with Gasteiger partial charge < -0.3 is 10.4 Å². The molecule has 0 aliphatic rings. The van der Waals surface area contributed by atoms with Crippen molar-refractivity contribution in [1.29, 1.82) is 0 Å². The van der Waals surface area contributed by atoms with Gasteiger partial charge in [-0.15, -0.1) is 0 Å². The van der Waals surface area contributed by atoms with Gasteiger partial charge in [0.05, 0.1) is 12.3 Å². The van der Waals surface area contributed by atoms with Crippen LogP contribution in [0.15, 0.2) is 30.3 Å². The van der Waals surface area contributed by atoms with Crippen LogP contribution in [0, 0.1) is 0 Å². The molecule has 1 heterocycles. The molecule has 2 rings (SSSR count). The van der Waals surface area contributed by atoms with E-state index < -0.39 is 5.91 Å². The lowest BCUT2D eigenvalue weighted by Gasteiger charge is -2.11. The fourth-order valence-corrected chi connectivity index (χ4v) is 1.95. The molecule has 1 amide bonds. The third kappa shape index (κ3) is 4.14. The zero-order valence-corrected chi connectivity index (χ0v) is 12.7. The summed E-state index contributed by atoms with van der Waals surface area (Å²) in [6, 6.07) is 8.17. The highest BCUT2D eigenvalue weighted by molar-refractivity contribution is 6.30. The molecule has 0 saturated heterocycles. The first-order valence-electron chi connectivity index (χ1n) is 6.22. The number of carbonyl (C=O) groups excluding carboxylic acids is 1. The van der Waals surface area contributed by atoms with Crippen molar-refractivity contribution in [2.24, 2.45) is 0 Å². The van der Waals surface area contributed by atoms with E-state index in [1.54, 1.807) is 31.2 Å². The summed E-state index contributed by atoms with van der Waals surface area (Å²) < 4.78 is 0. The van der Waals surface area contributed by atoms with Crippen molar-refractivity contribution in [2.45, 2.75) is 13.0 Å². The van der Waals surface area contributed by atoms with Gasteiger partial charge in [0, 0.05) is 16.6 Å². The molecule has 0 fully saturated rings. The van der Waals surface area contributed by atoms with E-state index in [1.165, 1.54) is 6.07 Å². The minimum Gasteiger partial charge on any atom is -0.394 e. The van der Waals surface area contributed by atoms with Crippen molar-refractivity contribution in [2.75, 3.05) is 6.61 Å². The van der Waals surface area contributed by atoms with Crippen LogP contribution >= 0.6 is 23.2 Å². The van der Waals surface area contributed by atoms with Crippen LogP contribution in [-0.2, 0) is 0 Å². The summed E-state index contributed by atoms with van der Waals surface area (Å²) in [6.45, 7) is 1.52. The molecule has 0 radical (unpaired) electrons. The van der Waals surface area contributed by atoms with Crippen molar-refractivity contribution in [1.82, 2.24) is 15.3 Å². The fraction of sp³-hybridized carbons (Fsp3) is 0.214. The van der Waals surface area contributed by atoms with Gasteiger partial charge in [-0.3, -0.25) is 4.79 Å². The lowest BCUT2D eigenvalue weighted by Crippen LogP contribution is -2.35. The SMILES string of the molecule is CC(CO)NC(=O)c1cc(-c2ccc(Cl)cc2)nc(Cl)n1. The van der Waals surface area contributed by atoms with E-state index >= 15 is 0 Å². The van der Waals surface area contributed by atoms with Crippen LogP contribution in [0.2, 0.25) is 10.3 Å². The Morgan fingerprint density at radius 1 is 1.29 bits per heavy atom. The average Bonchev–Trinajstić information content (AvgIpc) is 2.47. The Morgan fingerprint density at radius 3 is 2.57 bits per heavy atom. The number of aromatic nitrogens is 2. The summed E-state index contributed by atoms with van der Waals surface area (Å²) in [7, 11) is 0. The third-order valence-corrected chi connectivity index (χ3v) is 3.14. The van der Waals surface area contributed by atoms with Crippen molar-refractivity contribution >= 4 is 29.1 Å². The first-order chi connectivity index (χ1) is 9.99. The maximum absolute atomic E-state index is 12.0. The highest BCUT2D eigenvalue weighted by Crippen LogP contribution is 2.21. The number of aliphatic hydroxyl groups is 1. The second kappa shape index (κ2) is 6.85. The molecule has 0 aliphatic carbocycles. The van der Waals surface area contributed by atoms with Gasteiger partial charge in [0.1, 0.15) is 5.69 Å². The summed E-state index contributed by atoms with van der Waals surface area (Å²) >= 11 is 11.7. The number of amides is 1. The van der Waals surface area contributed by atoms with Gasteiger partial charge in [0.25, 0.3) is 5.91 Å². The number of nitrogens with zero attached hydrogens (tertiary/aromatic N) is 2. The predicted molar refractivity (Wildman–Crippen MR) is 81.5 cm³/mol. The molecule has 2 N–H and O–H groups in total. The zero-order valence-electron chi connectivity index (χ0n) is 11.2. The summed E-state index contributed by atoms with van der Waals surface area (Å²) in [4.78, 5) is 20.0. The highest BCUT2D eigenvalue weighted by atomic mass is 35.5. The smallest absolute Gasteiger partial charge is 0.270 e. The number of aliphatic hydroxyl groups excluding tert-OH is 1. The van der Waals surface area contributed by atoms with Gasteiger partial charge >= 0.3 is 0 Å². The molecule has 1 unspecified atom stereocenters. The molecule has 2 aromatic rings. The Balaban J connectivity index is 2.33. The van der Waals surface area contributed by atoms with Crippen LogP contribution in [0.4, 0.5) is 0 Å². The average molecular weight is 326 g/mol. The van der Waals surface area contributed by atoms with Crippen molar-refractivity contribution in [3.63, 3.8) is 0 Å². The molecule has 1 aromatic heterocycles. The van der Waals surface area contributed by atoms with Gasteiger partial charge in [-0.1, -0.05) is 23.7 Å². The van der Waals surface area contributed by atoms with E-state index in [1.807, 2.05) is 0 Å². The Bertz CT molecular complexity index is 647. The maximum atomic E-state index is 12.0. The molecule has 21 heavy (non-hydrogen) atoms. The van der Waals surface area contributed by atoms with Crippen molar-refractivity contribution in [3.05, 3.63) is 46.3 Å². The first kappa shape index (κ1) is 15.7. The Labute approximate surface area is 131 Å². The summed E-state index contributed by atoms with van der Waals surface area (Å²) in [5.74, 6) is -0.420. The van der Waals surface area contributed by atoms with Crippen molar-refractivity contribution < 1.29 is 9.90 Å². The number of nitrogens with one attached hydrogen (secondary N) is 1. The summed E-state index contributed by atoms with van der Waals surface area (Å²) in [5.41, 5.74) is 1.43. The number of hydrogen-bond acceptors (Lipinski definition) is 4. The van der Waals surface area contributed by atoms with Gasteiger partial charge in [-0.05, 0) is 36.7 Å². The first-order valence-corrected chi connectivity index (χ1v) is 6.97. The fourth-order valence-electron chi connectivity index (χ4n) is 1.65. The Morgan fingerprint density at radius 2 is 1.95 bits per heavy atom. The number of benzene rings is 1. The van der Waals surface area contributed by atoms with Crippen LogP contribution < -0.4 is 5.32 Å². The molecule has 1 atom stereocenters. The minimum atomic E-state index is -0.420. The quantitative estimate of drug-likeness (QED) is 0.847. The monoisotopic (exact) mass is 325 g/mol. The van der Waals surface area contributed by atoms with E-state index in [0.29, 0.717) is 10.7 Å². The summed E-state index contributed by atoms with van der Waals surface area (Å²) in [6.07, 6.45) is 0. The van der Waals surface area contributed by atoms with Crippen LogP contribution in [0.25, 0.3) is 11.3 Å². The Kier molecular flexibility index (Phi) is 5.12. The highest BCUT2D eigenvalue weighted by Gasteiger charge is 2.14. The van der Waals surface area contributed by atoms with E-state index in [9.17, 15) is 4.79 Å². The topological polar surface area (TPSA) is 75.1 Å². The van der Waals surface area contributed by atoms with E-state index in [0.717, 1.165) is 5.56 Å². The Hall–Kier alpha value is -1.69. The van der Waals surface area contributed by atoms with Crippen LogP contribution in [-0.4, -0.2) is 33.6 Å². The van der Waals surface area contributed by atoms with Crippen molar-refractivity contribution in [3.8, 4) is 11.3 Å². The molecular weight excluding hydrogens is 313 g/mol. The largest absolute Gasteiger partial charge is 0.394 e. The lowest BCUT2D eigenvalue weighted by molar-refractivity contribution is 0.0917. The number of halogens is 2. The van der Waals surface area contributed by atoms with Gasteiger partial charge in [-0.2, -0.15) is 0 Å². The third-order valence-electron chi connectivity index (χ3n) is 2.72. The van der Waals surface area contributed by atoms with Crippen LogP contribution in [0.1, 0.15) is 17.4 Å². The molecule has 7 heteroatoms. The minimum absolute atomic E-state index is 0.0238. The number of carbonyl (C=O) groups is 1. The summed E-state index contributed by atoms with van der Waals surface area (Å²) in [5, 5.41) is 12.1. The second-order valence-electron chi connectivity index (χ2n) is 4.47. The zero-order chi connectivity index (χ0) is 15.4. The molecule has 0 saturated carbocycles. The van der Waals surface area contributed by atoms with Gasteiger partial charge in [-0.25, -0.2) is 9.97 Å². The van der Waals surface area contributed by atoms with E-state index in [2.05, 4.69) is 15.3 Å². The normalized spacial score (nSPS) is 12.0. The second-order valence-corrected chi connectivity index (χ2v) is 5.25. The van der Waals surface area contributed by atoms with Gasteiger partial charge in [0.15, 0.2) is 0 Å². The molecule has 0 spiro atoms. The number of hydrogen-bond donors (Lipinski definition) is 2. The molecule has 1 aromatic carbocycles. The molecule has 110 valence electrons.